The highest BCUT2D eigenvalue weighted by Gasteiger charge is 2.28. The van der Waals surface area contributed by atoms with E-state index < -0.39 is 29.3 Å². The monoisotopic (exact) mass is 505 g/mol. The Morgan fingerprint density at radius 1 is 1.31 bits per heavy atom. The number of thiazole rings is 1. The SMILES string of the molecule is O=C(O)CSc1cnc(NC(=O)N(CC2CCCC2)c2c(F)cc(Br)cc2F)s1. The number of aromatic nitrogens is 1. The fourth-order valence-corrected chi connectivity index (χ4v) is 5.18. The summed E-state index contributed by atoms with van der Waals surface area (Å²) in [6.07, 6.45) is 5.31. The van der Waals surface area contributed by atoms with Crippen LogP contribution in [0.25, 0.3) is 0 Å². The molecular weight excluding hydrogens is 488 g/mol. The Kier molecular flexibility index (Phi) is 7.47. The summed E-state index contributed by atoms with van der Waals surface area (Å²) in [5, 5.41) is 11.6. The zero-order valence-electron chi connectivity index (χ0n) is 15.2. The van der Waals surface area contributed by atoms with Gasteiger partial charge in [0.1, 0.15) is 5.69 Å². The number of aliphatic carboxylic acids is 1. The van der Waals surface area contributed by atoms with Crippen LogP contribution in [0.4, 0.5) is 24.4 Å². The van der Waals surface area contributed by atoms with Crippen molar-refractivity contribution in [2.75, 3.05) is 22.5 Å². The lowest BCUT2D eigenvalue weighted by Crippen LogP contribution is -2.39. The molecule has 0 saturated heterocycles. The van der Waals surface area contributed by atoms with E-state index in [2.05, 4.69) is 26.2 Å². The molecule has 29 heavy (non-hydrogen) atoms. The van der Waals surface area contributed by atoms with E-state index in [1.165, 1.54) is 6.20 Å². The van der Waals surface area contributed by atoms with Crippen molar-refractivity contribution in [3.8, 4) is 0 Å². The number of nitrogens with zero attached hydrogens (tertiary/aromatic N) is 2. The first kappa shape index (κ1) is 22.0. The lowest BCUT2D eigenvalue weighted by atomic mass is 10.1. The predicted octanol–water partition coefficient (Wildman–Crippen LogP) is 5.59. The Hall–Kier alpha value is -1.72. The molecule has 0 spiro atoms. The van der Waals surface area contributed by atoms with E-state index in [0.717, 1.165) is 65.8 Å². The number of carboxylic acids is 1. The molecule has 0 aliphatic heterocycles. The van der Waals surface area contributed by atoms with Gasteiger partial charge in [0, 0.05) is 11.0 Å². The third-order valence-electron chi connectivity index (χ3n) is 4.45. The normalized spacial score (nSPS) is 14.2. The van der Waals surface area contributed by atoms with Crippen LogP contribution in [-0.2, 0) is 4.79 Å². The fourth-order valence-electron chi connectivity index (χ4n) is 3.19. The number of hydrogen-bond donors (Lipinski definition) is 2. The van der Waals surface area contributed by atoms with Gasteiger partial charge in [0.25, 0.3) is 0 Å². The van der Waals surface area contributed by atoms with Crippen LogP contribution < -0.4 is 10.2 Å². The van der Waals surface area contributed by atoms with E-state index in [1.54, 1.807) is 0 Å². The van der Waals surface area contributed by atoms with Crippen molar-refractivity contribution in [2.24, 2.45) is 5.92 Å². The summed E-state index contributed by atoms with van der Waals surface area (Å²) in [7, 11) is 0. The molecule has 1 heterocycles. The largest absolute Gasteiger partial charge is 0.481 e. The van der Waals surface area contributed by atoms with Crippen LogP contribution in [0, 0.1) is 17.6 Å². The van der Waals surface area contributed by atoms with Crippen molar-refractivity contribution in [2.45, 2.75) is 29.9 Å². The summed E-state index contributed by atoms with van der Waals surface area (Å²) in [5.74, 6) is -2.58. The zero-order valence-corrected chi connectivity index (χ0v) is 18.4. The van der Waals surface area contributed by atoms with Crippen molar-refractivity contribution in [3.63, 3.8) is 0 Å². The Bertz CT molecular complexity index is 883. The van der Waals surface area contributed by atoms with Crippen LogP contribution >= 0.6 is 39.0 Å². The Labute approximate surface area is 182 Å². The molecule has 156 valence electrons. The first-order valence-corrected chi connectivity index (χ1v) is 11.5. The second-order valence-electron chi connectivity index (χ2n) is 6.58. The first-order valence-electron chi connectivity index (χ1n) is 8.87. The number of amides is 2. The molecule has 1 aromatic heterocycles. The smallest absolute Gasteiger partial charge is 0.328 e. The summed E-state index contributed by atoms with van der Waals surface area (Å²) in [6, 6.07) is 1.57. The number of halogens is 3. The maximum Gasteiger partial charge on any atom is 0.328 e. The number of nitrogens with one attached hydrogen (secondary N) is 1. The van der Waals surface area contributed by atoms with E-state index in [0.29, 0.717) is 4.21 Å². The van der Waals surface area contributed by atoms with Gasteiger partial charge in [-0.25, -0.2) is 18.6 Å². The van der Waals surface area contributed by atoms with Gasteiger partial charge in [-0.3, -0.25) is 15.0 Å². The Balaban J connectivity index is 1.80. The van der Waals surface area contributed by atoms with Gasteiger partial charge in [0.2, 0.25) is 0 Å². The molecule has 0 unspecified atom stereocenters. The molecular formula is C18H18BrF2N3O3S2. The van der Waals surface area contributed by atoms with Gasteiger partial charge in [-0.1, -0.05) is 40.1 Å². The molecule has 1 aliphatic rings. The van der Waals surface area contributed by atoms with Crippen LogP contribution in [0.2, 0.25) is 0 Å². The summed E-state index contributed by atoms with van der Waals surface area (Å²) in [6.45, 7) is 0.202. The molecule has 6 nitrogen and oxygen atoms in total. The number of benzene rings is 1. The van der Waals surface area contributed by atoms with Gasteiger partial charge in [0.15, 0.2) is 16.8 Å². The molecule has 2 aromatic rings. The lowest BCUT2D eigenvalue weighted by Gasteiger charge is -2.26. The molecule has 0 bridgehead atoms. The number of carbonyl (C=O) groups is 2. The van der Waals surface area contributed by atoms with Crippen molar-refractivity contribution in [1.82, 2.24) is 4.98 Å². The summed E-state index contributed by atoms with van der Waals surface area (Å²) in [5.41, 5.74) is -0.394. The van der Waals surface area contributed by atoms with Crippen LogP contribution in [0.1, 0.15) is 25.7 Å². The van der Waals surface area contributed by atoms with Gasteiger partial charge in [-0.15, -0.1) is 11.8 Å². The molecule has 2 amide bonds. The summed E-state index contributed by atoms with van der Waals surface area (Å²) >= 11 is 5.24. The van der Waals surface area contributed by atoms with Crippen LogP contribution in [0.3, 0.4) is 0 Å². The highest BCUT2D eigenvalue weighted by molar-refractivity contribution is 9.10. The molecule has 1 saturated carbocycles. The van der Waals surface area contributed by atoms with Gasteiger partial charge in [-0.2, -0.15) is 0 Å². The summed E-state index contributed by atoms with van der Waals surface area (Å²) < 4.78 is 30.0. The molecule has 0 atom stereocenters. The number of carbonyl (C=O) groups excluding carboxylic acids is 1. The molecule has 1 aromatic carbocycles. The lowest BCUT2D eigenvalue weighted by molar-refractivity contribution is -0.133. The minimum absolute atomic E-state index is 0.126. The predicted molar refractivity (Wildman–Crippen MR) is 113 cm³/mol. The average molecular weight is 506 g/mol. The van der Waals surface area contributed by atoms with E-state index >= 15 is 0 Å². The second kappa shape index (κ2) is 9.86. The number of thioether (sulfide) groups is 1. The van der Waals surface area contributed by atoms with Gasteiger partial charge in [0.05, 0.1) is 16.2 Å². The van der Waals surface area contributed by atoms with Crippen molar-refractivity contribution < 1.29 is 23.5 Å². The third kappa shape index (κ3) is 5.89. The molecule has 3 rings (SSSR count). The van der Waals surface area contributed by atoms with Gasteiger partial charge < -0.3 is 5.11 Å². The van der Waals surface area contributed by atoms with Gasteiger partial charge in [-0.05, 0) is 30.9 Å². The van der Waals surface area contributed by atoms with Crippen LogP contribution in [0.5, 0.6) is 0 Å². The van der Waals surface area contributed by atoms with Crippen LogP contribution in [0.15, 0.2) is 27.0 Å². The van der Waals surface area contributed by atoms with Gasteiger partial charge >= 0.3 is 12.0 Å². The topological polar surface area (TPSA) is 82.5 Å². The highest BCUT2D eigenvalue weighted by Crippen LogP contribution is 2.33. The standard InChI is InChI=1S/C18H18BrF2N3O3S2/c19-11-5-12(20)16(13(21)6-11)24(8-10-3-1-2-4-10)18(27)23-17-22-7-15(29-17)28-9-14(25)26/h5-7,10H,1-4,8-9H2,(H,25,26)(H,22,23,27). The minimum Gasteiger partial charge on any atom is -0.481 e. The highest BCUT2D eigenvalue weighted by atomic mass is 79.9. The maximum atomic E-state index is 14.6. The molecule has 1 fully saturated rings. The molecule has 0 radical (unpaired) electrons. The maximum absolute atomic E-state index is 14.6. The van der Waals surface area contributed by atoms with E-state index in [4.69, 9.17) is 5.11 Å². The average Bonchev–Trinajstić information content (AvgIpc) is 3.30. The van der Waals surface area contributed by atoms with Crippen molar-refractivity contribution >= 4 is 61.8 Å². The zero-order chi connectivity index (χ0) is 21.0. The number of urea groups is 1. The third-order valence-corrected chi connectivity index (χ3v) is 7.00. The fraction of sp³-hybridized carbons (Fsp3) is 0.389. The molecule has 11 heteroatoms. The van der Waals surface area contributed by atoms with E-state index in [-0.39, 0.29) is 27.8 Å². The second-order valence-corrected chi connectivity index (χ2v) is 9.80. The number of anilines is 2. The minimum atomic E-state index is -0.960. The molecule has 2 N–H and O–H groups in total. The first-order chi connectivity index (χ1) is 13.8. The number of carboxylic acid groups (broad SMARTS) is 1. The Morgan fingerprint density at radius 3 is 2.59 bits per heavy atom. The Morgan fingerprint density at radius 2 is 1.97 bits per heavy atom. The quantitative estimate of drug-likeness (QED) is 0.479. The summed E-state index contributed by atoms with van der Waals surface area (Å²) in [4.78, 5) is 28.7. The molecule has 1 aliphatic carbocycles. The van der Waals surface area contributed by atoms with E-state index in [1.807, 2.05) is 0 Å². The number of hydrogen-bond acceptors (Lipinski definition) is 5. The van der Waals surface area contributed by atoms with Crippen LogP contribution in [-0.4, -0.2) is 34.4 Å². The van der Waals surface area contributed by atoms with Crippen molar-refractivity contribution in [3.05, 3.63) is 34.4 Å². The number of rotatable bonds is 7. The van der Waals surface area contributed by atoms with E-state index in [9.17, 15) is 18.4 Å². The van der Waals surface area contributed by atoms with Crippen molar-refractivity contribution in [1.29, 1.82) is 0 Å².